The molecule has 1 aliphatic carbocycles. The number of benzene rings is 1. The number of imidazole rings is 1. The van der Waals surface area contributed by atoms with Crippen LogP contribution in [-0.4, -0.2) is 26.6 Å². The number of furan rings is 1. The number of aryl methyl sites for hydroxylation is 3. The summed E-state index contributed by atoms with van der Waals surface area (Å²) in [6.07, 6.45) is 4.90. The van der Waals surface area contributed by atoms with E-state index >= 15 is 0 Å². The molecule has 0 bridgehead atoms. The van der Waals surface area contributed by atoms with Crippen LogP contribution in [0.4, 0.5) is 0 Å². The Morgan fingerprint density at radius 1 is 1.22 bits per heavy atom. The molecule has 6 nitrogen and oxygen atoms in total. The van der Waals surface area contributed by atoms with Crippen molar-refractivity contribution in [3.8, 4) is 0 Å². The van der Waals surface area contributed by atoms with Gasteiger partial charge in [0.25, 0.3) is 0 Å². The van der Waals surface area contributed by atoms with Crippen molar-refractivity contribution in [1.82, 2.24) is 14.5 Å². The number of carbonyl (C=O) groups excluding carboxylic acids is 1. The number of esters is 1. The van der Waals surface area contributed by atoms with E-state index in [4.69, 9.17) is 19.1 Å². The smallest absolute Gasteiger partial charge is 0.375 e. The van der Waals surface area contributed by atoms with Gasteiger partial charge in [0.1, 0.15) is 23.0 Å². The molecule has 0 radical (unpaired) electrons. The van der Waals surface area contributed by atoms with Gasteiger partial charge in [-0.25, -0.2) is 14.8 Å². The summed E-state index contributed by atoms with van der Waals surface area (Å²) in [6, 6.07) is 8.07. The number of hydrogen-bond donors (Lipinski definition) is 0. The van der Waals surface area contributed by atoms with E-state index in [1.54, 1.807) is 0 Å². The highest BCUT2D eigenvalue weighted by Gasteiger charge is 2.25. The lowest BCUT2D eigenvalue weighted by atomic mass is 10.1. The molecular formula is C25H26BrN3O3. The zero-order valence-electron chi connectivity index (χ0n) is 18.6. The van der Waals surface area contributed by atoms with Crippen LogP contribution in [-0.2, 0) is 17.7 Å². The van der Waals surface area contributed by atoms with E-state index < -0.39 is 5.97 Å². The van der Waals surface area contributed by atoms with Crippen LogP contribution in [0, 0.1) is 13.8 Å². The topological polar surface area (TPSA) is 70.2 Å². The predicted octanol–water partition coefficient (Wildman–Crippen LogP) is 6.27. The first-order valence-electron chi connectivity index (χ1n) is 11.2. The molecule has 4 aromatic rings. The Morgan fingerprint density at radius 2 is 2.00 bits per heavy atom. The number of halogens is 1. The Labute approximate surface area is 195 Å². The second-order valence-electron chi connectivity index (χ2n) is 8.61. The van der Waals surface area contributed by atoms with Gasteiger partial charge in [-0.05, 0) is 84.8 Å². The summed E-state index contributed by atoms with van der Waals surface area (Å²) in [4.78, 5) is 22.3. The molecule has 1 saturated carbocycles. The normalized spacial score (nSPS) is 14.6. The van der Waals surface area contributed by atoms with Crippen molar-refractivity contribution in [3.05, 3.63) is 57.1 Å². The van der Waals surface area contributed by atoms with E-state index in [1.165, 1.54) is 0 Å². The quantitative estimate of drug-likeness (QED) is 0.305. The first kappa shape index (κ1) is 21.2. The van der Waals surface area contributed by atoms with Crippen molar-refractivity contribution >= 4 is 44.0 Å². The van der Waals surface area contributed by atoms with Gasteiger partial charge in [-0.15, -0.1) is 0 Å². The van der Waals surface area contributed by atoms with E-state index in [0.717, 1.165) is 71.3 Å². The van der Waals surface area contributed by atoms with Crippen molar-refractivity contribution in [2.75, 3.05) is 0 Å². The summed E-state index contributed by atoms with van der Waals surface area (Å²) in [6.45, 7) is 6.84. The average molecular weight is 496 g/mol. The van der Waals surface area contributed by atoms with E-state index in [0.29, 0.717) is 16.6 Å². The molecule has 7 heteroatoms. The molecule has 3 aromatic heterocycles. The molecule has 0 spiro atoms. The largest absolute Gasteiger partial charge is 0.456 e. The lowest BCUT2D eigenvalue weighted by Crippen LogP contribution is -2.14. The third kappa shape index (κ3) is 3.72. The maximum Gasteiger partial charge on any atom is 0.375 e. The SMILES string of the molecule is CCc1nc2c(C)cc(C)nc2n1Cc1ccc2oc(C(=O)OC3CCCC3)c(Br)c2c1. The van der Waals surface area contributed by atoms with Gasteiger partial charge in [-0.1, -0.05) is 13.0 Å². The summed E-state index contributed by atoms with van der Waals surface area (Å²) in [5.41, 5.74) is 5.73. The minimum absolute atomic E-state index is 0.000395. The zero-order chi connectivity index (χ0) is 22.4. The van der Waals surface area contributed by atoms with Gasteiger partial charge in [-0.2, -0.15) is 0 Å². The van der Waals surface area contributed by atoms with E-state index in [9.17, 15) is 4.79 Å². The van der Waals surface area contributed by atoms with Gasteiger partial charge in [0.2, 0.25) is 5.76 Å². The molecule has 0 aliphatic heterocycles. The molecule has 166 valence electrons. The fourth-order valence-corrected chi connectivity index (χ4v) is 5.18. The molecule has 1 fully saturated rings. The lowest BCUT2D eigenvalue weighted by Gasteiger charge is -2.09. The molecule has 0 amide bonds. The number of aromatic nitrogens is 3. The van der Waals surface area contributed by atoms with Crippen molar-refractivity contribution in [3.63, 3.8) is 0 Å². The van der Waals surface area contributed by atoms with Gasteiger partial charge in [0.15, 0.2) is 5.65 Å². The Hall–Kier alpha value is -2.67. The van der Waals surface area contributed by atoms with Crippen molar-refractivity contribution in [2.45, 2.75) is 65.5 Å². The molecule has 0 atom stereocenters. The highest BCUT2D eigenvalue weighted by molar-refractivity contribution is 9.10. The highest BCUT2D eigenvalue weighted by Crippen LogP contribution is 2.34. The van der Waals surface area contributed by atoms with Gasteiger partial charge in [0, 0.05) is 17.5 Å². The first-order chi connectivity index (χ1) is 15.4. The van der Waals surface area contributed by atoms with Gasteiger partial charge < -0.3 is 13.7 Å². The minimum Gasteiger partial charge on any atom is -0.456 e. The molecular weight excluding hydrogens is 470 g/mol. The summed E-state index contributed by atoms with van der Waals surface area (Å²) >= 11 is 3.57. The van der Waals surface area contributed by atoms with Crippen LogP contribution in [0.2, 0.25) is 0 Å². The lowest BCUT2D eigenvalue weighted by molar-refractivity contribution is 0.0283. The Kier molecular flexibility index (Phi) is 5.53. The van der Waals surface area contributed by atoms with E-state index in [1.807, 2.05) is 19.1 Å². The average Bonchev–Trinajstić information content (AvgIpc) is 3.47. The summed E-state index contributed by atoms with van der Waals surface area (Å²) in [7, 11) is 0. The Balaban J connectivity index is 1.49. The van der Waals surface area contributed by atoms with E-state index in [-0.39, 0.29) is 11.9 Å². The number of hydrogen-bond acceptors (Lipinski definition) is 5. The Bertz CT molecular complexity index is 1330. The maximum atomic E-state index is 12.7. The fraction of sp³-hybridized carbons (Fsp3) is 0.400. The molecule has 0 unspecified atom stereocenters. The number of pyridine rings is 1. The molecule has 32 heavy (non-hydrogen) atoms. The van der Waals surface area contributed by atoms with Gasteiger partial charge in [-0.3, -0.25) is 0 Å². The Morgan fingerprint density at radius 3 is 2.75 bits per heavy atom. The molecule has 5 rings (SSSR count). The van der Waals surface area contributed by atoms with Crippen LogP contribution < -0.4 is 0 Å². The molecule has 1 aliphatic rings. The zero-order valence-corrected chi connectivity index (χ0v) is 20.2. The van der Waals surface area contributed by atoms with Crippen molar-refractivity contribution in [1.29, 1.82) is 0 Å². The number of ether oxygens (including phenoxy) is 1. The fourth-order valence-electron chi connectivity index (χ4n) is 4.62. The number of carbonyl (C=O) groups is 1. The highest BCUT2D eigenvalue weighted by atomic mass is 79.9. The van der Waals surface area contributed by atoms with Crippen LogP contribution in [0.1, 0.15) is 65.8 Å². The second-order valence-corrected chi connectivity index (χ2v) is 9.40. The molecule has 3 heterocycles. The minimum atomic E-state index is -0.398. The van der Waals surface area contributed by atoms with Crippen LogP contribution >= 0.6 is 15.9 Å². The monoisotopic (exact) mass is 495 g/mol. The predicted molar refractivity (Wildman–Crippen MR) is 127 cm³/mol. The van der Waals surface area contributed by atoms with Gasteiger partial charge >= 0.3 is 5.97 Å². The van der Waals surface area contributed by atoms with E-state index in [2.05, 4.69) is 46.5 Å². The van der Waals surface area contributed by atoms with Crippen LogP contribution in [0.3, 0.4) is 0 Å². The van der Waals surface area contributed by atoms with Crippen molar-refractivity contribution < 1.29 is 13.9 Å². The summed E-state index contributed by atoms with van der Waals surface area (Å²) in [5, 5.41) is 0.865. The third-order valence-corrected chi connectivity index (χ3v) is 7.00. The number of fused-ring (bicyclic) bond motifs is 2. The molecule has 1 aromatic carbocycles. The number of nitrogens with zero attached hydrogens (tertiary/aromatic N) is 3. The van der Waals surface area contributed by atoms with Crippen LogP contribution in [0.5, 0.6) is 0 Å². The molecule has 0 saturated heterocycles. The third-order valence-electron chi connectivity index (χ3n) is 6.21. The van der Waals surface area contributed by atoms with Crippen LogP contribution in [0.15, 0.2) is 33.2 Å². The standard InChI is InChI=1S/C25H26BrN3O3/c1-4-20-28-22-14(2)11-15(3)27-24(22)29(20)13-16-9-10-19-18(12-16)21(26)23(32-19)25(30)31-17-7-5-6-8-17/h9-12,17H,4-8,13H2,1-3H3. The van der Waals surface area contributed by atoms with Gasteiger partial charge in [0.05, 0.1) is 11.0 Å². The summed E-state index contributed by atoms with van der Waals surface area (Å²) < 4.78 is 14.3. The van der Waals surface area contributed by atoms with Crippen LogP contribution in [0.25, 0.3) is 22.1 Å². The van der Waals surface area contributed by atoms with Crippen molar-refractivity contribution in [2.24, 2.45) is 0 Å². The summed E-state index contributed by atoms with van der Waals surface area (Å²) in [5.74, 6) is 0.846. The number of rotatable bonds is 5. The molecule has 0 N–H and O–H groups in total. The first-order valence-corrected chi connectivity index (χ1v) is 12.0. The maximum absolute atomic E-state index is 12.7. The second kappa shape index (κ2) is 8.35.